The summed E-state index contributed by atoms with van der Waals surface area (Å²) in [6, 6.07) is 0.458. The maximum atomic E-state index is 12.0. The van der Waals surface area contributed by atoms with Crippen molar-refractivity contribution in [3.63, 3.8) is 0 Å². The molecular formula is C11H22N2O. The van der Waals surface area contributed by atoms with Gasteiger partial charge < -0.3 is 4.90 Å². The summed E-state index contributed by atoms with van der Waals surface area (Å²) in [5.41, 5.74) is -0.0547. The predicted molar refractivity (Wildman–Crippen MR) is 58.2 cm³/mol. The molecule has 1 rings (SSSR count). The van der Waals surface area contributed by atoms with Gasteiger partial charge in [0.1, 0.15) is 0 Å². The first kappa shape index (κ1) is 11.5. The van der Waals surface area contributed by atoms with Crippen LogP contribution < -0.4 is 0 Å². The molecule has 0 aromatic heterocycles. The number of carbonyl (C=O) groups excluding carboxylic acids is 1. The van der Waals surface area contributed by atoms with Crippen molar-refractivity contribution in [2.24, 2.45) is 0 Å². The van der Waals surface area contributed by atoms with E-state index in [4.69, 9.17) is 0 Å². The van der Waals surface area contributed by atoms with Gasteiger partial charge in [0.15, 0.2) is 0 Å². The van der Waals surface area contributed by atoms with Crippen LogP contribution in [0, 0.1) is 0 Å². The first-order chi connectivity index (χ1) is 6.25. The van der Waals surface area contributed by atoms with Crippen LogP contribution in [-0.2, 0) is 4.79 Å². The van der Waals surface area contributed by atoms with Gasteiger partial charge in [0, 0.05) is 18.1 Å². The van der Waals surface area contributed by atoms with Gasteiger partial charge in [-0.1, -0.05) is 0 Å². The third-order valence-electron chi connectivity index (χ3n) is 3.19. The third kappa shape index (κ3) is 1.92. The summed E-state index contributed by atoms with van der Waals surface area (Å²) in [5, 5.41) is 0. The highest BCUT2D eigenvalue weighted by Crippen LogP contribution is 2.22. The average molecular weight is 198 g/mol. The molecule has 0 N–H and O–H groups in total. The molecule has 1 saturated heterocycles. The van der Waals surface area contributed by atoms with E-state index in [0.29, 0.717) is 6.04 Å². The maximum absolute atomic E-state index is 12.0. The van der Waals surface area contributed by atoms with Crippen LogP contribution in [0.3, 0.4) is 0 Å². The van der Waals surface area contributed by atoms with Crippen molar-refractivity contribution in [2.45, 2.75) is 52.2 Å². The zero-order valence-corrected chi connectivity index (χ0v) is 10.2. The van der Waals surface area contributed by atoms with Gasteiger partial charge in [-0.15, -0.1) is 0 Å². The lowest BCUT2D eigenvalue weighted by Gasteiger charge is -2.47. The fourth-order valence-electron chi connectivity index (χ4n) is 1.87. The minimum atomic E-state index is -0.0547. The molecule has 0 bridgehead atoms. The quantitative estimate of drug-likeness (QED) is 0.586. The van der Waals surface area contributed by atoms with Crippen LogP contribution in [0.1, 0.15) is 34.6 Å². The number of piperazine rings is 1. The molecule has 2 unspecified atom stereocenters. The lowest BCUT2D eigenvalue weighted by Crippen LogP contribution is -2.63. The molecule has 2 atom stereocenters. The number of amides is 1. The zero-order chi connectivity index (χ0) is 11.1. The molecule has 14 heavy (non-hydrogen) atoms. The Balaban J connectivity index is 2.86. The molecule has 82 valence electrons. The fourth-order valence-corrected chi connectivity index (χ4v) is 1.87. The van der Waals surface area contributed by atoms with Crippen LogP contribution in [0.2, 0.25) is 0 Å². The maximum Gasteiger partial charge on any atom is 0.240 e. The SMILES string of the molecule is CC1CN(C(C)(C)C)C(=O)C(C)N1C. The standard InChI is InChI=1S/C11H22N2O/c1-8-7-13(11(3,4)5)10(14)9(2)12(8)6/h8-9H,7H2,1-6H3. The molecule has 0 spiro atoms. The Bertz CT molecular complexity index is 232. The molecule has 3 heteroatoms. The largest absolute Gasteiger partial charge is 0.335 e. The molecule has 1 aliphatic heterocycles. The van der Waals surface area contributed by atoms with Crippen molar-refractivity contribution in [1.29, 1.82) is 0 Å². The lowest BCUT2D eigenvalue weighted by atomic mass is 9.99. The molecule has 3 nitrogen and oxygen atoms in total. The van der Waals surface area contributed by atoms with Crippen LogP contribution >= 0.6 is 0 Å². The number of hydrogen-bond acceptors (Lipinski definition) is 2. The van der Waals surface area contributed by atoms with E-state index in [1.54, 1.807) is 0 Å². The Morgan fingerprint density at radius 3 is 2.21 bits per heavy atom. The molecule has 0 radical (unpaired) electrons. The van der Waals surface area contributed by atoms with E-state index in [1.807, 2.05) is 18.9 Å². The summed E-state index contributed by atoms with van der Waals surface area (Å²) in [4.78, 5) is 16.1. The van der Waals surface area contributed by atoms with E-state index in [2.05, 4.69) is 32.6 Å². The predicted octanol–water partition coefficient (Wildman–Crippen LogP) is 1.34. The Morgan fingerprint density at radius 1 is 1.29 bits per heavy atom. The third-order valence-corrected chi connectivity index (χ3v) is 3.19. The summed E-state index contributed by atoms with van der Waals surface area (Å²) in [7, 11) is 2.02. The van der Waals surface area contributed by atoms with Crippen molar-refractivity contribution < 1.29 is 4.79 Å². The average Bonchev–Trinajstić information content (AvgIpc) is 2.06. The number of rotatable bonds is 0. The van der Waals surface area contributed by atoms with Gasteiger partial charge in [0.25, 0.3) is 0 Å². The topological polar surface area (TPSA) is 23.6 Å². The highest BCUT2D eigenvalue weighted by Gasteiger charge is 2.38. The summed E-state index contributed by atoms with van der Waals surface area (Å²) in [6.45, 7) is 11.3. The van der Waals surface area contributed by atoms with E-state index >= 15 is 0 Å². The molecule has 0 aliphatic carbocycles. The monoisotopic (exact) mass is 198 g/mol. The number of carbonyl (C=O) groups is 1. The Morgan fingerprint density at radius 2 is 1.79 bits per heavy atom. The molecule has 0 aromatic rings. The Labute approximate surface area is 87.1 Å². The summed E-state index contributed by atoms with van der Waals surface area (Å²) in [6.07, 6.45) is 0. The van der Waals surface area contributed by atoms with Crippen LogP contribution in [0.5, 0.6) is 0 Å². The van der Waals surface area contributed by atoms with Gasteiger partial charge in [-0.05, 0) is 41.7 Å². The van der Waals surface area contributed by atoms with Crippen LogP contribution in [0.25, 0.3) is 0 Å². The van der Waals surface area contributed by atoms with Crippen molar-refractivity contribution in [1.82, 2.24) is 9.80 Å². The summed E-state index contributed by atoms with van der Waals surface area (Å²) in [5.74, 6) is 0.248. The van der Waals surface area contributed by atoms with Crippen molar-refractivity contribution in [2.75, 3.05) is 13.6 Å². The molecule has 1 heterocycles. The normalized spacial score (nSPS) is 31.0. The van der Waals surface area contributed by atoms with Crippen molar-refractivity contribution in [3.8, 4) is 0 Å². The van der Waals surface area contributed by atoms with E-state index in [-0.39, 0.29) is 17.5 Å². The number of nitrogens with zero attached hydrogens (tertiary/aromatic N) is 2. The second-order valence-electron chi connectivity index (χ2n) is 5.31. The highest BCUT2D eigenvalue weighted by atomic mass is 16.2. The van der Waals surface area contributed by atoms with Gasteiger partial charge in [-0.3, -0.25) is 9.69 Å². The zero-order valence-electron chi connectivity index (χ0n) is 10.2. The second-order valence-corrected chi connectivity index (χ2v) is 5.31. The first-order valence-electron chi connectivity index (χ1n) is 5.28. The van der Waals surface area contributed by atoms with Crippen LogP contribution in [-0.4, -0.2) is 46.9 Å². The number of likely N-dealkylation sites (N-methyl/N-ethyl adjacent to an activating group) is 1. The minimum Gasteiger partial charge on any atom is -0.335 e. The van der Waals surface area contributed by atoms with Gasteiger partial charge in [0.05, 0.1) is 6.04 Å². The molecule has 1 aliphatic rings. The van der Waals surface area contributed by atoms with Crippen molar-refractivity contribution >= 4 is 5.91 Å². The van der Waals surface area contributed by atoms with Crippen LogP contribution in [0.15, 0.2) is 0 Å². The Kier molecular flexibility index (Phi) is 2.91. The number of hydrogen-bond donors (Lipinski definition) is 0. The fraction of sp³-hybridized carbons (Fsp3) is 0.909. The summed E-state index contributed by atoms with van der Waals surface area (Å²) < 4.78 is 0. The van der Waals surface area contributed by atoms with Crippen molar-refractivity contribution in [3.05, 3.63) is 0 Å². The summed E-state index contributed by atoms with van der Waals surface area (Å²) >= 11 is 0. The Hall–Kier alpha value is -0.570. The molecular weight excluding hydrogens is 176 g/mol. The highest BCUT2D eigenvalue weighted by molar-refractivity contribution is 5.83. The smallest absolute Gasteiger partial charge is 0.240 e. The van der Waals surface area contributed by atoms with Gasteiger partial charge >= 0.3 is 0 Å². The van der Waals surface area contributed by atoms with E-state index < -0.39 is 0 Å². The van der Waals surface area contributed by atoms with E-state index in [1.165, 1.54) is 0 Å². The second kappa shape index (κ2) is 3.54. The molecule has 0 saturated carbocycles. The van der Waals surface area contributed by atoms with Crippen LogP contribution in [0.4, 0.5) is 0 Å². The van der Waals surface area contributed by atoms with E-state index in [0.717, 1.165) is 6.54 Å². The molecule has 1 amide bonds. The molecule has 1 fully saturated rings. The minimum absolute atomic E-state index is 0.0120. The van der Waals surface area contributed by atoms with E-state index in [9.17, 15) is 4.79 Å². The molecule has 0 aromatic carbocycles. The van der Waals surface area contributed by atoms with Gasteiger partial charge in [-0.25, -0.2) is 0 Å². The van der Waals surface area contributed by atoms with Gasteiger partial charge in [-0.2, -0.15) is 0 Å². The first-order valence-corrected chi connectivity index (χ1v) is 5.28. The lowest BCUT2D eigenvalue weighted by molar-refractivity contribution is -0.148. The van der Waals surface area contributed by atoms with Gasteiger partial charge in [0.2, 0.25) is 5.91 Å².